The molecule has 0 N–H and O–H groups in total. The number of ether oxygens (including phenoxy) is 2. The van der Waals surface area contributed by atoms with Crippen LogP contribution in [0.25, 0.3) is 0 Å². The number of aromatic nitrogens is 2. The zero-order valence-electron chi connectivity index (χ0n) is 15.8. The molecule has 1 saturated heterocycles. The SMILES string of the molecule is COc1ccc(CN2CCN(C(=O)CSc3nnc(C)o3)CC2)c(OC)c1. The van der Waals surface area contributed by atoms with Gasteiger partial charge in [-0.1, -0.05) is 17.8 Å². The van der Waals surface area contributed by atoms with Crippen LogP contribution in [0, 0.1) is 6.92 Å². The highest BCUT2D eigenvalue weighted by atomic mass is 32.2. The van der Waals surface area contributed by atoms with Crippen LogP contribution in [0.15, 0.2) is 27.8 Å². The molecule has 0 unspecified atom stereocenters. The molecule has 2 aromatic rings. The van der Waals surface area contributed by atoms with Gasteiger partial charge in [0.15, 0.2) is 0 Å². The van der Waals surface area contributed by atoms with Crippen LogP contribution in [-0.4, -0.2) is 72.1 Å². The number of carbonyl (C=O) groups excluding carboxylic acids is 1. The van der Waals surface area contributed by atoms with E-state index in [1.54, 1.807) is 21.1 Å². The second-order valence-corrected chi connectivity index (χ2v) is 7.14. The molecule has 0 saturated carbocycles. The van der Waals surface area contributed by atoms with Gasteiger partial charge in [0.25, 0.3) is 5.22 Å². The summed E-state index contributed by atoms with van der Waals surface area (Å²) in [5, 5.41) is 8.10. The van der Waals surface area contributed by atoms with E-state index in [0.717, 1.165) is 36.7 Å². The van der Waals surface area contributed by atoms with Crippen molar-refractivity contribution in [3.05, 3.63) is 29.7 Å². The first-order chi connectivity index (χ1) is 13.1. The van der Waals surface area contributed by atoms with Crippen molar-refractivity contribution in [3.63, 3.8) is 0 Å². The van der Waals surface area contributed by atoms with Gasteiger partial charge in [-0.25, -0.2) is 0 Å². The monoisotopic (exact) mass is 392 g/mol. The van der Waals surface area contributed by atoms with E-state index in [4.69, 9.17) is 13.9 Å². The molecule has 9 heteroatoms. The summed E-state index contributed by atoms with van der Waals surface area (Å²) in [6.07, 6.45) is 0. The number of aryl methyl sites for hydroxylation is 1. The summed E-state index contributed by atoms with van der Waals surface area (Å²) in [6.45, 7) is 5.58. The van der Waals surface area contributed by atoms with Crippen molar-refractivity contribution in [3.8, 4) is 11.5 Å². The average Bonchev–Trinajstić information content (AvgIpc) is 3.12. The number of rotatable bonds is 7. The minimum atomic E-state index is 0.0949. The second kappa shape index (κ2) is 9.09. The van der Waals surface area contributed by atoms with Gasteiger partial charge >= 0.3 is 0 Å². The Balaban J connectivity index is 1.48. The van der Waals surface area contributed by atoms with E-state index in [2.05, 4.69) is 15.1 Å². The summed E-state index contributed by atoms with van der Waals surface area (Å²) in [6, 6.07) is 5.86. The Bertz CT molecular complexity index is 774. The number of benzene rings is 1. The zero-order valence-corrected chi connectivity index (χ0v) is 16.6. The predicted molar refractivity (Wildman–Crippen MR) is 101 cm³/mol. The van der Waals surface area contributed by atoms with Gasteiger partial charge in [0.1, 0.15) is 11.5 Å². The van der Waals surface area contributed by atoms with E-state index < -0.39 is 0 Å². The summed E-state index contributed by atoms with van der Waals surface area (Å²) >= 11 is 1.28. The summed E-state index contributed by atoms with van der Waals surface area (Å²) < 4.78 is 16.0. The first kappa shape index (κ1) is 19.5. The predicted octanol–water partition coefficient (Wildman–Crippen LogP) is 1.83. The quantitative estimate of drug-likeness (QED) is 0.660. The number of nitrogens with zero attached hydrogens (tertiary/aromatic N) is 4. The highest BCUT2D eigenvalue weighted by Gasteiger charge is 2.22. The van der Waals surface area contributed by atoms with E-state index in [9.17, 15) is 4.79 Å². The van der Waals surface area contributed by atoms with Crippen molar-refractivity contribution >= 4 is 17.7 Å². The molecule has 146 valence electrons. The number of hydrogen-bond acceptors (Lipinski definition) is 8. The highest BCUT2D eigenvalue weighted by molar-refractivity contribution is 7.99. The third-order valence-electron chi connectivity index (χ3n) is 4.44. The molecule has 2 heterocycles. The fourth-order valence-electron chi connectivity index (χ4n) is 2.93. The molecule has 1 aromatic heterocycles. The Morgan fingerprint density at radius 2 is 1.96 bits per heavy atom. The van der Waals surface area contributed by atoms with E-state index >= 15 is 0 Å². The number of amides is 1. The molecule has 1 aliphatic rings. The van der Waals surface area contributed by atoms with E-state index in [0.29, 0.717) is 30.0 Å². The molecular weight excluding hydrogens is 368 g/mol. The largest absolute Gasteiger partial charge is 0.497 e. The van der Waals surface area contributed by atoms with Gasteiger partial charge in [-0.05, 0) is 6.07 Å². The zero-order chi connectivity index (χ0) is 19.2. The Kier molecular flexibility index (Phi) is 6.57. The maximum Gasteiger partial charge on any atom is 0.277 e. The molecule has 0 bridgehead atoms. The topological polar surface area (TPSA) is 80.9 Å². The van der Waals surface area contributed by atoms with Crippen molar-refractivity contribution in [2.24, 2.45) is 0 Å². The fourth-order valence-corrected chi connectivity index (χ4v) is 3.64. The Morgan fingerprint density at radius 1 is 1.19 bits per heavy atom. The third-order valence-corrected chi connectivity index (χ3v) is 5.24. The van der Waals surface area contributed by atoms with Gasteiger partial charge in [-0.3, -0.25) is 9.69 Å². The molecule has 0 radical (unpaired) electrons. The van der Waals surface area contributed by atoms with Crippen LogP contribution in [0.5, 0.6) is 11.5 Å². The number of thioether (sulfide) groups is 1. The van der Waals surface area contributed by atoms with Crippen molar-refractivity contribution in [1.82, 2.24) is 20.0 Å². The molecule has 8 nitrogen and oxygen atoms in total. The molecular formula is C18H24N4O4S. The molecule has 0 aliphatic carbocycles. The molecule has 0 atom stereocenters. The van der Waals surface area contributed by atoms with Gasteiger partial charge in [0.2, 0.25) is 11.8 Å². The Labute approximate surface area is 162 Å². The third kappa shape index (κ3) is 5.14. The van der Waals surface area contributed by atoms with Gasteiger partial charge in [-0.15, -0.1) is 10.2 Å². The van der Waals surface area contributed by atoms with Crippen LogP contribution >= 0.6 is 11.8 Å². The van der Waals surface area contributed by atoms with Crippen molar-refractivity contribution in [2.45, 2.75) is 18.7 Å². The van der Waals surface area contributed by atoms with Gasteiger partial charge in [0.05, 0.1) is 20.0 Å². The Hall–Kier alpha value is -2.26. The van der Waals surface area contributed by atoms with E-state index in [1.807, 2.05) is 23.1 Å². The molecule has 27 heavy (non-hydrogen) atoms. The Morgan fingerprint density at radius 3 is 2.59 bits per heavy atom. The molecule has 1 amide bonds. The van der Waals surface area contributed by atoms with Gasteiger partial charge < -0.3 is 18.8 Å². The van der Waals surface area contributed by atoms with Crippen molar-refractivity contribution < 1.29 is 18.7 Å². The van der Waals surface area contributed by atoms with E-state index in [-0.39, 0.29) is 5.91 Å². The first-order valence-corrected chi connectivity index (χ1v) is 9.71. The summed E-state index contributed by atoms with van der Waals surface area (Å²) in [5.41, 5.74) is 1.11. The maximum absolute atomic E-state index is 12.4. The number of piperazine rings is 1. The lowest BCUT2D eigenvalue weighted by molar-refractivity contribution is -0.130. The number of hydrogen-bond donors (Lipinski definition) is 0. The molecule has 1 aliphatic heterocycles. The lowest BCUT2D eigenvalue weighted by Crippen LogP contribution is -2.48. The molecule has 0 spiro atoms. The first-order valence-electron chi connectivity index (χ1n) is 8.73. The van der Waals surface area contributed by atoms with Crippen LogP contribution in [0.1, 0.15) is 11.5 Å². The van der Waals surface area contributed by atoms with Crippen LogP contribution < -0.4 is 9.47 Å². The van der Waals surface area contributed by atoms with E-state index in [1.165, 1.54) is 11.8 Å². The molecule has 1 fully saturated rings. The lowest BCUT2D eigenvalue weighted by atomic mass is 10.1. The minimum absolute atomic E-state index is 0.0949. The molecule has 1 aromatic carbocycles. The molecule has 3 rings (SSSR count). The van der Waals surface area contributed by atoms with Crippen LogP contribution in [-0.2, 0) is 11.3 Å². The summed E-state index contributed by atoms with van der Waals surface area (Å²) in [4.78, 5) is 16.6. The van der Waals surface area contributed by atoms with Crippen molar-refractivity contribution in [1.29, 1.82) is 0 Å². The van der Waals surface area contributed by atoms with Crippen LogP contribution in [0.3, 0.4) is 0 Å². The summed E-state index contributed by atoms with van der Waals surface area (Å²) in [5.74, 6) is 2.51. The van der Waals surface area contributed by atoms with Crippen LogP contribution in [0.4, 0.5) is 0 Å². The smallest absolute Gasteiger partial charge is 0.277 e. The van der Waals surface area contributed by atoms with Gasteiger partial charge in [-0.2, -0.15) is 0 Å². The van der Waals surface area contributed by atoms with Crippen molar-refractivity contribution in [2.75, 3.05) is 46.2 Å². The number of methoxy groups -OCH3 is 2. The average molecular weight is 392 g/mol. The second-order valence-electron chi connectivity index (χ2n) is 6.21. The van der Waals surface area contributed by atoms with Crippen LogP contribution in [0.2, 0.25) is 0 Å². The highest BCUT2D eigenvalue weighted by Crippen LogP contribution is 2.26. The number of carbonyl (C=O) groups is 1. The lowest BCUT2D eigenvalue weighted by Gasteiger charge is -2.34. The summed E-state index contributed by atoms with van der Waals surface area (Å²) in [7, 11) is 3.31. The standard InChI is InChI=1S/C18H24N4O4S/c1-13-19-20-18(26-13)27-12-17(23)22-8-6-21(7-9-22)11-14-4-5-15(24-2)10-16(14)25-3/h4-5,10H,6-9,11-12H2,1-3H3. The normalized spacial score (nSPS) is 15.0. The maximum atomic E-state index is 12.4. The fraction of sp³-hybridized carbons (Fsp3) is 0.500. The minimum Gasteiger partial charge on any atom is -0.497 e. The van der Waals surface area contributed by atoms with Gasteiger partial charge in [0, 0.05) is 51.3 Å².